The Hall–Kier alpha value is -3.72. The maximum atomic E-state index is 11.3. The van der Waals surface area contributed by atoms with E-state index in [1.165, 1.54) is 12.6 Å². The first-order valence-corrected chi connectivity index (χ1v) is 10.4. The van der Waals surface area contributed by atoms with Crippen molar-refractivity contribution in [2.45, 2.75) is 26.2 Å². The number of allylic oxidation sites excluding steroid dienone is 1. The van der Waals surface area contributed by atoms with Crippen molar-refractivity contribution in [1.82, 2.24) is 5.48 Å². The summed E-state index contributed by atoms with van der Waals surface area (Å²) < 4.78 is 16.7. The largest absolute Gasteiger partial charge is 0.504 e. The van der Waals surface area contributed by atoms with E-state index in [9.17, 15) is 9.90 Å². The molecule has 0 saturated carbocycles. The lowest BCUT2D eigenvalue weighted by Crippen LogP contribution is -2.23. The number of aromatic hydroxyl groups is 1. The number of ether oxygens (including phenoxy) is 3. The predicted molar refractivity (Wildman–Crippen MR) is 122 cm³/mol. The third kappa shape index (κ3) is 5.04. The Morgan fingerprint density at radius 3 is 2.45 bits per heavy atom. The summed E-state index contributed by atoms with van der Waals surface area (Å²) in [6.45, 7) is 1.62. The minimum absolute atomic E-state index is 0.000149. The molecule has 9 nitrogen and oxygen atoms in total. The summed E-state index contributed by atoms with van der Waals surface area (Å²) >= 11 is 0. The highest BCUT2D eigenvalue weighted by molar-refractivity contribution is 6.05. The highest BCUT2D eigenvalue weighted by atomic mass is 16.6. The number of hydrogen-bond donors (Lipinski definition) is 3. The molecule has 2 aromatic rings. The quantitative estimate of drug-likeness (QED) is 0.412. The first-order chi connectivity index (χ1) is 16.0. The van der Waals surface area contributed by atoms with Crippen molar-refractivity contribution in [2.75, 3.05) is 27.9 Å². The van der Waals surface area contributed by atoms with E-state index in [2.05, 4.69) is 5.16 Å². The van der Waals surface area contributed by atoms with E-state index in [0.717, 1.165) is 40.0 Å². The van der Waals surface area contributed by atoms with Crippen molar-refractivity contribution >= 4 is 17.2 Å². The number of phenols is 1. The van der Waals surface area contributed by atoms with Crippen molar-refractivity contribution < 1.29 is 34.2 Å². The number of fused-ring (bicyclic) bond motifs is 1. The van der Waals surface area contributed by atoms with E-state index in [1.54, 1.807) is 26.4 Å². The minimum Gasteiger partial charge on any atom is -0.504 e. The lowest BCUT2D eigenvalue weighted by Gasteiger charge is -2.20. The molecule has 1 amide bonds. The van der Waals surface area contributed by atoms with Gasteiger partial charge in [0.2, 0.25) is 0 Å². The average molecular weight is 456 g/mol. The van der Waals surface area contributed by atoms with E-state index < -0.39 is 12.5 Å². The Bertz CT molecular complexity index is 1090. The molecule has 0 spiro atoms. The number of oxime groups is 1. The maximum absolute atomic E-state index is 11.3. The number of phenolic OH excluding ortho intramolecular Hbond substituents is 1. The monoisotopic (exact) mass is 456 g/mol. The highest BCUT2D eigenvalue weighted by Crippen LogP contribution is 2.43. The van der Waals surface area contributed by atoms with Crippen molar-refractivity contribution in [1.29, 1.82) is 0 Å². The van der Waals surface area contributed by atoms with Crippen molar-refractivity contribution in [2.24, 2.45) is 5.16 Å². The van der Waals surface area contributed by atoms with Crippen LogP contribution in [0.4, 0.5) is 0 Å². The molecule has 0 bridgehead atoms. The predicted octanol–water partition coefficient (Wildman–Crippen LogP) is 3.24. The molecule has 3 rings (SSSR count). The second kappa shape index (κ2) is 10.7. The molecule has 1 aliphatic carbocycles. The van der Waals surface area contributed by atoms with Crippen LogP contribution in [0, 0.1) is 0 Å². The number of nitrogens with one attached hydrogen (secondary N) is 1. The van der Waals surface area contributed by atoms with Crippen molar-refractivity contribution in [3.05, 3.63) is 52.6 Å². The molecular weight excluding hydrogens is 428 g/mol. The Morgan fingerprint density at radius 1 is 1.09 bits per heavy atom. The van der Waals surface area contributed by atoms with Crippen LogP contribution in [0.1, 0.15) is 35.6 Å². The molecule has 0 radical (unpaired) electrons. The van der Waals surface area contributed by atoms with Crippen LogP contribution in [0.5, 0.6) is 23.0 Å². The Balaban J connectivity index is 2.20. The van der Waals surface area contributed by atoms with Crippen LogP contribution in [0.2, 0.25) is 0 Å². The van der Waals surface area contributed by atoms with Gasteiger partial charge in [-0.15, -0.1) is 0 Å². The van der Waals surface area contributed by atoms with E-state index in [4.69, 9.17) is 24.3 Å². The van der Waals surface area contributed by atoms with Gasteiger partial charge < -0.3 is 24.2 Å². The van der Waals surface area contributed by atoms with E-state index >= 15 is 0 Å². The molecule has 0 saturated heterocycles. The molecule has 0 unspecified atom stereocenters. The summed E-state index contributed by atoms with van der Waals surface area (Å²) in [7, 11) is 4.74. The SMILES string of the molecule is CCc1c(OC)cc2c(c1OC)CC/C(=N\OCC(=O)NO)C=C2c1ccc(OC)c(O)c1. The van der Waals surface area contributed by atoms with Gasteiger partial charge in [0.1, 0.15) is 11.5 Å². The standard InChI is InChI=1S/C24H28N2O7/c1-5-16-22(31-3)12-19-17(24(16)32-4)8-7-15(26-33-13-23(28)25-29)11-18(19)14-6-9-21(30-2)20(27)10-14/h6,9-12,27,29H,5,7-8,13H2,1-4H3,(H,25,28)/b26-15+. The number of amides is 1. The molecular formula is C24H28N2O7. The van der Waals surface area contributed by atoms with Crippen LogP contribution in [0.25, 0.3) is 5.57 Å². The summed E-state index contributed by atoms with van der Waals surface area (Å²) in [4.78, 5) is 16.4. The van der Waals surface area contributed by atoms with Crippen LogP contribution >= 0.6 is 0 Å². The van der Waals surface area contributed by atoms with Crippen LogP contribution in [-0.2, 0) is 22.5 Å². The molecule has 0 aliphatic heterocycles. The molecule has 176 valence electrons. The maximum Gasteiger partial charge on any atom is 0.284 e. The summed E-state index contributed by atoms with van der Waals surface area (Å²) in [6.07, 6.45) is 3.69. The van der Waals surface area contributed by atoms with Crippen LogP contribution in [0.3, 0.4) is 0 Å². The number of methoxy groups -OCH3 is 3. The lowest BCUT2D eigenvalue weighted by molar-refractivity contribution is -0.133. The van der Waals surface area contributed by atoms with Gasteiger partial charge in [-0.3, -0.25) is 10.0 Å². The van der Waals surface area contributed by atoms with Gasteiger partial charge in [0.15, 0.2) is 18.1 Å². The Labute approximate surface area is 192 Å². The van der Waals surface area contributed by atoms with Gasteiger partial charge in [0.05, 0.1) is 27.0 Å². The van der Waals surface area contributed by atoms with Gasteiger partial charge in [-0.1, -0.05) is 18.1 Å². The van der Waals surface area contributed by atoms with Gasteiger partial charge >= 0.3 is 0 Å². The molecule has 33 heavy (non-hydrogen) atoms. The lowest BCUT2D eigenvalue weighted by atomic mass is 9.90. The van der Waals surface area contributed by atoms with Gasteiger partial charge in [-0.2, -0.15) is 0 Å². The smallest absolute Gasteiger partial charge is 0.284 e. The Kier molecular flexibility index (Phi) is 7.78. The number of hydroxylamine groups is 1. The van der Waals surface area contributed by atoms with Crippen molar-refractivity contribution in [3.8, 4) is 23.0 Å². The molecule has 0 aromatic heterocycles. The molecule has 0 fully saturated rings. The van der Waals surface area contributed by atoms with Crippen LogP contribution < -0.4 is 19.7 Å². The molecule has 0 heterocycles. The van der Waals surface area contributed by atoms with Gasteiger partial charge in [-0.25, -0.2) is 5.48 Å². The van der Waals surface area contributed by atoms with Gasteiger partial charge in [0, 0.05) is 11.1 Å². The number of rotatable bonds is 8. The van der Waals surface area contributed by atoms with Gasteiger partial charge in [0.25, 0.3) is 5.91 Å². The zero-order valence-electron chi connectivity index (χ0n) is 19.1. The number of benzene rings is 2. The van der Waals surface area contributed by atoms with E-state index in [0.29, 0.717) is 30.1 Å². The van der Waals surface area contributed by atoms with Gasteiger partial charge in [-0.05, 0) is 60.2 Å². The Morgan fingerprint density at radius 2 is 1.85 bits per heavy atom. The molecule has 9 heteroatoms. The third-order valence-electron chi connectivity index (χ3n) is 5.45. The minimum atomic E-state index is -0.709. The number of carbonyl (C=O) groups excluding carboxylic acids is 1. The average Bonchev–Trinajstić information content (AvgIpc) is 3.01. The number of nitrogens with zero attached hydrogens (tertiary/aromatic N) is 1. The fraction of sp³-hybridized carbons (Fsp3) is 0.333. The third-order valence-corrected chi connectivity index (χ3v) is 5.45. The fourth-order valence-corrected chi connectivity index (χ4v) is 3.92. The zero-order valence-corrected chi connectivity index (χ0v) is 19.1. The summed E-state index contributed by atoms with van der Waals surface area (Å²) in [5.74, 6) is 1.10. The summed E-state index contributed by atoms with van der Waals surface area (Å²) in [6, 6.07) is 7.10. The topological polar surface area (TPSA) is 119 Å². The molecule has 1 aliphatic rings. The molecule has 3 N–H and O–H groups in total. The number of carbonyl (C=O) groups is 1. The molecule has 0 atom stereocenters. The highest BCUT2D eigenvalue weighted by Gasteiger charge is 2.25. The first-order valence-electron chi connectivity index (χ1n) is 10.4. The fourth-order valence-electron chi connectivity index (χ4n) is 3.92. The summed E-state index contributed by atoms with van der Waals surface area (Å²) in [5.41, 5.74) is 6.41. The second-order valence-corrected chi connectivity index (χ2v) is 7.31. The van der Waals surface area contributed by atoms with Crippen molar-refractivity contribution in [3.63, 3.8) is 0 Å². The van der Waals surface area contributed by atoms with Crippen LogP contribution in [-0.4, -0.2) is 49.9 Å². The number of hydrogen-bond acceptors (Lipinski definition) is 8. The second-order valence-electron chi connectivity index (χ2n) is 7.31. The van der Waals surface area contributed by atoms with E-state index in [1.807, 2.05) is 25.1 Å². The zero-order chi connectivity index (χ0) is 24.0. The molecule has 2 aromatic carbocycles. The normalized spacial score (nSPS) is 14.1. The van der Waals surface area contributed by atoms with E-state index in [-0.39, 0.29) is 5.75 Å². The summed E-state index contributed by atoms with van der Waals surface area (Å²) in [5, 5.41) is 23.1. The van der Waals surface area contributed by atoms with Crippen LogP contribution in [0.15, 0.2) is 35.5 Å². The first kappa shape index (κ1) is 23.9.